The highest BCUT2D eigenvalue weighted by molar-refractivity contribution is 5.27. The van der Waals surface area contributed by atoms with Crippen molar-refractivity contribution in [1.82, 2.24) is 9.97 Å². The Morgan fingerprint density at radius 1 is 1.42 bits per heavy atom. The summed E-state index contributed by atoms with van der Waals surface area (Å²) in [6.45, 7) is 2.91. The second kappa shape index (κ2) is 5.17. The molecule has 2 aromatic rings. The molecule has 1 unspecified atom stereocenters. The molecule has 0 saturated heterocycles. The third kappa shape index (κ3) is 2.71. The van der Waals surface area contributed by atoms with Crippen LogP contribution in [-0.2, 0) is 19.3 Å². The van der Waals surface area contributed by atoms with E-state index in [1.54, 1.807) is 0 Å². The Morgan fingerprint density at radius 3 is 3.11 bits per heavy atom. The zero-order valence-electron chi connectivity index (χ0n) is 11.4. The molecule has 1 atom stereocenters. The minimum absolute atomic E-state index is 0.625. The number of H-pyrrole nitrogens is 1. The van der Waals surface area contributed by atoms with Crippen LogP contribution in [0.5, 0.6) is 0 Å². The summed E-state index contributed by atoms with van der Waals surface area (Å²) in [5, 5.41) is 0. The number of nitrogens with two attached hydrogens (primary N) is 1. The van der Waals surface area contributed by atoms with Gasteiger partial charge in [0.05, 0.1) is 5.69 Å². The van der Waals surface area contributed by atoms with E-state index in [-0.39, 0.29) is 0 Å². The minimum atomic E-state index is 0.625. The number of benzene rings is 1. The normalized spacial score (nSPS) is 18.3. The number of hydrogen-bond acceptors (Lipinski definition) is 2. The molecule has 1 aromatic heterocycles. The molecule has 0 saturated carbocycles. The molecule has 3 rings (SSSR count). The number of aromatic nitrogens is 2. The number of imidazole rings is 1. The summed E-state index contributed by atoms with van der Waals surface area (Å²) in [5.41, 5.74) is 11.0. The zero-order chi connectivity index (χ0) is 13.2. The Labute approximate surface area is 114 Å². The standard InChI is InChI=1S/C16H21N3/c1-11-3-2-4-12(7-11)9-16-18-14-6-5-13(10-17)8-15(14)19-16/h2-4,7,13H,5-6,8-10,17H2,1H3,(H,18,19). The topological polar surface area (TPSA) is 54.7 Å². The van der Waals surface area contributed by atoms with Gasteiger partial charge >= 0.3 is 0 Å². The van der Waals surface area contributed by atoms with Gasteiger partial charge in [-0.2, -0.15) is 0 Å². The van der Waals surface area contributed by atoms with Gasteiger partial charge in [0.15, 0.2) is 0 Å². The molecule has 3 N–H and O–H groups in total. The maximum absolute atomic E-state index is 5.77. The fraction of sp³-hybridized carbons (Fsp3) is 0.438. The first-order valence-electron chi connectivity index (χ1n) is 7.07. The van der Waals surface area contributed by atoms with E-state index in [1.165, 1.54) is 28.9 Å². The first-order chi connectivity index (χ1) is 9.24. The molecule has 0 fully saturated rings. The summed E-state index contributed by atoms with van der Waals surface area (Å²) in [4.78, 5) is 8.25. The lowest BCUT2D eigenvalue weighted by Crippen LogP contribution is -2.22. The molecule has 1 aromatic carbocycles. The Bertz CT molecular complexity index is 571. The van der Waals surface area contributed by atoms with E-state index in [0.717, 1.165) is 31.6 Å². The van der Waals surface area contributed by atoms with Crippen LogP contribution in [0.15, 0.2) is 24.3 Å². The highest BCUT2D eigenvalue weighted by Gasteiger charge is 2.20. The molecule has 1 heterocycles. The van der Waals surface area contributed by atoms with E-state index >= 15 is 0 Å². The molecule has 3 heteroatoms. The number of fused-ring (bicyclic) bond motifs is 1. The van der Waals surface area contributed by atoms with Crippen molar-refractivity contribution < 1.29 is 0 Å². The summed E-state index contributed by atoms with van der Waals surface area (Å²) in [5.74, 6) is 1.72. The van der Waals surface area contributed by atoms with Crippen molar-refractivity contribution in [2.24, 2.45) is 11.7 Å². The average molecular weight is 255 g/mol. The van der Waals surface area contributed by atoms with Gasteiger partial charge in [0.1, 0.15) is 5.82 Å². The molecule has 19 heavy (non-hydrogen) atoms. The van der Waals surface area contributed by atoms with Crippen LogP contribution in [0.2, 0.25) is 0 Å². The minimum Gasteiger partial charge on any atom is -0.345 e. The van der Waals surface area contributed by atoms with Crippen LogP contribution < -0.4 is 5.73 Å². The van der Waals surface area contributed by atoms with Gasteiger partial charge in [0, 0.05) is 12.1 Å². The Morgan fingerprint density at radius 2 is 2.32 bits per heavy atom. The molecular formula is C16H21N3. The lowest BCUT2D eigenvalue weighted by atomic mass is 9.90. The molecule has 1 aliphatic carbocycles. The lowest BCUT2D eigenvalue weighted by Gasteiger charge is -2.18. The monoisotopic (exact) mass is 255 g/mol. The number of nitrogens with zero attached hydrogens (tertiary/aromatic N) is 1. The number of aromatic amines is 1. The van der Waals surface area contributed by atoms with Crippen molar-refractivity contribution in [3.05, 3.63) is 52.6 Å². The van der Waals surface area contributed by atoms with Gasteiger partial charge < -0.3 is 10.7 Å². The maximum atomic E-state index is 5.77. The smallest absolute Gasteiger partial charge is 0.110 e. The van der Waals surface area contributed by atoms with E-state index in [1.807, 2.05) is 0 Å². The van der Waals surface area contributed by atoms with Crippen LogP contribution in [-0.4, -0.2) is 16.5 Å². The van der Waals surface area contributed by atoms with E-state index in [9.17, 15) is 0 Å². The molecule has 1 aliphatic rings. The zero-order valence-corrected chi connectivity index (χ0v) is 11.4. The van der Waals surface area contributed by atoms with Gasteiger partial charge in [-0.25, -0.2) is 4.98 Å². The van der Waals surface area contributed by atoms with Crippen molar-refractivity contribution in [3.63, 3.8) is 0 Å². The summed E-state index contributed by atoms with van der Waals surface area (Å²) in [6, 6.07) is 8.63. The van der Waals surface area contributed by atoms with Gasteiger partial charge in [-0.05, 0) is 44.2 Å². The van der Waals surface area contributed by atoms with Crippen molar-refractivity contribution in [3.8, 4) is 0 Å². The van der Waals surface area contributed by atoms with Crippen LogP contribution in [0.1, 0.15) is 34.8 Å². The molecule has 0 radical (unpaired) electrons. The quantitative estimate of drug-likeness (QED) is 0.884. The summed E-state index contributed by atoms with van der Waals surface area (Å²) in [6.07, 6.45) is 4.20. The van der Waals surface area contributed by atoms with Gasteiger partial charge in [0.25, 0.3) is 0 Å². The first-order valence-corrected chi connectivity index (χ1v) is 7.07. The fourth-order valence-electron chi connectivity index (χ4n) is 2.91. The number of nitrogens with one attached hydrogen (secondary N) is 1. The predicted molar refractivity (Wildman–Crippen MR) is 77.1 cm³/mol. The first kappa shape index (κ1) is 12.4. The highest BCUT2D eigenvalue weighted by Crippen LogP contribution is 2.23. The van der Waals surface area contributed by atoms with Gasteiger partial charge in [-0.15, -0.1) is 0 Å². The van der Waals surface area contributed by atoms with Crippen LogP contribution in [0.3, 0.4) is 0 Å². The molecule has 0 aliphatic heterocycles. The summed E-state index contributed by atoms with van der Waals surface area (Å²) >= 11 is 0. The Balaban J connectivity index is 1.78. The Hall–Kier alpha value is -1.61. The van der Waals surface area contributed by atoms with E-state index < -0.39 is 0 Å². The number of hydrogen-bond donors (Lipinski definition) is 2. The number of aryl methyl sites for hydroxylation is 2. The summed E-state index contributed by atoms with van der Waals surface area (Å²) in [7, 11) is 0. The van der Waals surface area contributed by atoms with Crippen LogP contribution >= 0.6 is 0 Å². The van der Waals surface area contributed by atoms with E-state index in [4.69, 9.17) is 10.7 Å². The maximum Gasteiger partial charge on any atom is 0.110 e. The Kier molecular flexibility index (Phi) is 3.38. The fourth-order valence-corrected chi connectivity index (χ4v) is 2.91. The van der Waals surface area contributed by atoms with Crippen LogP contribution in [0.25, 0.3) is 0 Å². The van der Waals surface area contributed by atoms with E-state index in [2.05, 4.69) is 36.2 Å². The van der Waals surface area contributed by atoms with Gasteiger partial charge in [0.2, 0.25) is 0 Å². The molecule has 100 valence electrons. The van der Waals surface area contributed by atoms with Crippen molar-refractivity contribution in [2.75, 3.05) is 6.54 Å². The van der Waals surface area contributed by atoms with Crippen LogP contribution in [0.4, 0.5) is 0 Å². The molecular weight excluding hydrogens is 234 g/mol. The van der Waals surface area contributed by atoms with Gasteiger partial charge in [-0.3, -0.25) is 0 Å². The third-order valence-corrected chi connectivity index (χ3v) is 3.98. The molecule has 3 nitrogen and oxygen atoms in total. The molecule has 0 spiro atoms. The van der Waals surface area contributed by atoms with Crippen molar-refractivity contribution in [2.45, 2.75) is 32.6 Å². The van der Waals surface area contributed by atoms with Crippen LogP contribution in [0, 0.1) is 12.8 Å². The largest absolute Gasteiger partial charge is 0.345 e. The second-order valence-corrected chi connectivity index (χ2v) is 5.62. The lowest BCUT2D eigenvalue weighted by molar-refractivity contribution is 0.461. The highest BCUT2D eigenvalue weighted by atomic mass is 14.9. The van der Waals surface area contributed by atoms with Gasteiger partial charge in [-0.1, -0.05) is 29.8 Å². The predicted octanol–water partition coefficient (Wildman–Crippen LogP) is 2.37. The second-order valence-electron chi connectivity index (χ2n) is 5.62. The van der Waals surface area contributed by atoms with Crippen molar-refractivity contribution >= 4 is 0 Å². The number of rotatable bonds is 3. The SMILES string of the molecule is Cc1cccc(Cc2nc3c([nH]2)CC(CN)CC3)c1. The molecule has 0 amide bonds. The molecule has 0 bridgehead atoms. The van der Waals surface area contributed by atoms with E-state index in [0.29, 0.717) is 5.92 Å². The third-order valence-electron chi connectivity index (χ3n) is 3.98. The summed E-state index contributed by atoms with van der Waals surface area (Å²) < 4.78 is 0. The average Bonchev–Trinajstić information content (AvgIpc) is 2.79. The van der Waals surface area contributed by atoms with Crippen molar-refractivity contribution in [1.29, 1.82) is 0 Å².